The molecule has 1 saturated heterocycles. The van der Waals surface area contributed by atoms with E-state index < -0.39 is 0 Å². The van der Waals surface area contributed by atoms with E-state index in [9.17, 15) is 0 Å². The summed E-state index contributed by atoms with van der Waals surface area (Å²) in [7, 11) is 1.79. The van der Waals surface area contributed by atoms with Crippen LogP contribution >= 0.6 is 11.3 Å². The minimum absolute atomic E-state index is 0.0859. The zero-order chi connectivity index (χ0) is 11.5. The molecular formula is C11H19N3OS. The highest BCUT2D eigenvalue weighted by molar-refractivity contribution is 7.15. The first kappa shape index (κ1) is 11.8. The van der Waals surface area contributed by atoms with Crippen LogP contribution in [0.25, 0.3) is 0 Å². The van der Waals surface area contributed by atoms with Crippen molar-refractivity contribution in [1.82, 2.24) is 4.98 Å². The molecule has 1 atom stereocenters. The Morgan fingerprint density at radius 3 is 2.75 bits per heavy atom. The summed E-state index contributed by atoms with van der Waals surface area (Å²) in [6.07, 6.45) is 4.49. The molecule has 1 fully saturated rings. The summed E-state index contributed by atoms with van der Waals surface area (Å²) in [4.78, 5) is 7.92. The van der Waals surface area contributed by atoms with Crippen LogP contribution in [-0.4, -0.2) is 31.3 Å². The Morgan fingerprint density at radius 2 is 2.25 bits per heavy atom. The van der Waals surface area contributed by atoms with Crippen LogP contribution in [-0.2, 0) is 4.74 Å². The van der Waals surface area contributed by atoms with E-state index in [1.54, 1.807) is 18.4 Å². The average molecular weight is 241 g/mol. The smallest absolute Gasteiger partial charge is 0.185 e. The molecule has 2 N–H and O–H groups in total. The molecule has 1 aliphatic rings. The molecule has 4 nitrogen and oxygen atoms in total. The van der Waals surface area contributed by atoms with E-state index in [2.05, 4.69) is 9.88 Å². The number of anilines is 1. The molecule has 0 amide bonds. The highest BCUT2D eigenvalue weighted by Gasteiger charge is 2.21. The van der Waals surface area contributed by atoms with E-state index in [1.807, 2.05) is 13.1 Å². The van der Waals surface area contributed by atoms with Gasteiger partial charge in [0.25, 0.3) is 0 Å². The summed E-state index contributed by atoms with van der Waals surface area (Å²) < 4.78 is 5.36. The molecule has 0 aromatic carbocycles. The van der Waals surface area contributed by atoms with E-state index in [-0.39, 0.29) is 6.04 Å². The number of piperidine rings is 1. The molecule has 0 spiro atoms. The highest BCUT2D eigenvalue weighted by Crippen LogP contribution is 2.28. The fraction of sp³-hybridized carbons (Fsp3) is 0.727. The zero-order valence-corrected chi connectivity index (χ0v) is 10.7. The van der Waals surface area contributed by atoms with Crippen molar-refractivity contribution in [2.45, 2.75) is 31.9 Å². The van der Waals surface area contributed by atoms with Crippen molar-refractivity contribution in [2.75, 3.05) is 25.1 Å². The van der Waals surface area contributed by atoms with Crippen molar-refractivity contribution in [1.29, 1.82) is 0 Å². The van der Waals surface area contributed by atoms with E-state index in [0.717, 1.165) is 35.9 Å². The highest BCUT2D eigenvalue weighted by atomic mass is 32.1. The molecule has 1 aromatic rings. The van der Waals surface area contributed by atoms with E-state index in [0.29, 0.717) is 6.10 Å². The van der Waals surface area contributed by atoms with Gasteiger partial charge in [0.1, 0.15) is 0 Å². The lowest BCUT2D eigenvalue weighted by atomic mass is 10.1. The number of hydrogen-bond donors (Lipinski definition) is 1. The molecular weight excluding hydrogens is 222 g/mol. The van der Waals surface area contributed by atoms with Gasteiger partial charge in [-0.05, 0) is 19.8 Å². The Labute approximate surface area is 100 Å². The summed E-state index contributed by atoms with van der Waals surface area (Å²) in [5.41, 5.74) is 5.83. The summed E-state index contributed by atoms with van der Waals surface area (Å²) in [6, 6.07) is 0.0859. The van der Waals surface area contributed by atoms with Crippen LogP contribution in [0.3, 0.4) is 0 Å². The number of methoxy groups -OCH3 is 1. The molecule has 1 unspecified atom stereocenters. The Kier molecular flexibility index (Phi) is 3.78. The lowest BCUT2D eigenvalue weighted by Gasteiger charge is -2.30. The van der Waals surface area contributed by atoms with Gasteiger partial charge in [0, 0.05) is 37.3 Å². The molecule has 16 heavy (non-hydrogen) atoms. The van der Waals surface area contributed by atoms with Crippen molar-refractivity contribution >= 4 is 16.5 Å². The van der Waals surface area contributed by atoms with E-state index in [4.69, 9.17) is 10.5 Å². The van der Waals surface area contributed by atoms with Crippen molar-refractivity contribution in [3.05, 3.63) is 11.1 Å². The first-order valence-electron chi connectivity index (χ1n) is 5.69. The van der Waals surface area contributed by atoms with Gasteiger partial charge in [0.05, 0.1) is 6.10 Å². The molecule has 2 rings (SSSR count). The Balaban J connectivity index is 1.97. The van der Waals surface area contributed by atoms with Crippen molar-refractivity contribution in [3.63, 3.8) is 0 Å². The van der Waals surface area contributed by atoms with Crippen molar-refractivity contribution in [3.8, 4) is 0 Å². The predicted molar refractivity (Wildman–Crippen MR) is 67.0 cm³/mol. The molecule has 0 radical (unpaired) electrons. The molecule has 0 saturated carbocycles. The maximum atomic E-state index is 5.83. The van der Waals surface area contributed by atoms with Gasteiger partial charge in [-0.3, -0.25) is 0 Å². The summed E-state index contributed by atoms with van der Waals surface area (Å²) in [5.74, 6) is 0. The lowest BCUT2D eigenvalue weighted by molar-refractivity contribution is 0.0819. The fourth-order valence-corrected chi connectivity index (χ4v) is 2.84. The fourth-order valence-electron chi connectivity index (χ4n) is 1.92. The Hall–Kier alpha value is -0.650. The summed E-state index contributed by atoms with van der Waals surface area (Å²) >= 11 is 1.71. The molecule has 2 heterocycles. The number of aromatic nitrogens is 1. The second kappa shape index (κ2) is 5.12. The lowest BCUT2D eigenvalue weighted by Crippen LogP contribution is -2.36. The van der Waals surface area contributed by atoms with Gasteiger partial charge in [0.15, 0.2) is 5.13 Å². The van der Waals surface area contributed by atoms with E-state index >= 15 is 0 Å². The molecule has 1 aliphatic heterocycles. The summed E-state index contributed by atoms with van der Waals surface area (Å²) in [5, 5.41) is 1.10. The van der Waals surface area contributed by atoms with Gasteiger partial charge in [-0.1, -0.05) is 0 Å². The van der Waals surface area contributed by atoms with Crippen LogP contribution in [0, 0.1) is 0 Å². The second-order valence-electron chi connectivity index (χ2n) is 4.26. The third-order valence-corrected chi connectivity index (χ3v) is 4.27. The number of nitrogens with zero attached hydrogens (tertiary/aromatic N) is 2. The number of ether oxygens (including phenoxy) is 1. The number of rotatable bonds is 3. The minimum atomic E-state index is 0.0859. The third kappa shape index (κ3) is 2.53. The maximum Gasteiger partial charge on any atom is 0.185 e. The van der Waals surface area contributed by atoms with Gasteiger partial charge in [-0.15, -0.1) is 11.3 Å². The topological polar surface area (TPSA) is 51.4 Å². The third-order valence-electron chi connectivity index (χ3n) is 3.01. The molecule has 1 aromatic heterocycles. The monoisotopic (exact) mass is 241 g/mol. The quantitative estimate of drug-likeness (QED) is 0.876. The van der Waals surface area contributed by atoms with Crippen LogP contribution in [0.15, 0.2) is 6.20 Å². The number of hydrogen-bond acceptors (Lipinski definition) is 5. The maximum absolute atomic E-state index is 5.83. The van der Waals surface area contributed by atoms with Gasteiger partial charge in [-0.25, -0.2) is 4.98 Å². The van der Waals surface area contributed by atoms with Crippen LogP contribution < -0.4 is 10.6 Å². The molecule has 0 bridgehead atoms. The SMILES string of the molecule is COC1CCN(c2ncc(C(C)N)s2)CC1. The second-order valence-corrected chi connectivity index (χ2v) is 5.30. The van der Waals surface area contributed by atoms with Crippen molar-refractivity contribution < 1.29 is 4.74 Å². The van der Waals surface area contributed by atoms with E-state index in [1.165, 1.54) is 0 Å². The summed E-state index contributed by atoms with van der Waals surface area (Å²) in [6.45, 7) is 4.06. The molecule has 90 valence electrons. The number of thiazole rings is 1. The normalized spacial score (nSPS) is 20.1. The first-order valence-corrected chi connectivity index (χ1v) is 6.51. The molecule has 0 aliphatic carbocycles. The Morgan fingerprint density at radius 1 is 1.56 bits per heavy atom. The zero-order valence-electron chi connectivity index (χ0n) is 9.85. The minimum Gasteiger partial charge on any atom is -0.381 e. The predicted octanol–water partition coefficient (Wildman–Crippen LogP) is 1.78. The number of nitrogens with two attached hydrogens (primary N) is 1. The first-order chi connectivity index (χ1) is 7.70. The van der Waals surface area contributed by atoms with Crippen LogP contribution in [0.5, 0.6) is 0 Å². The van der Waals surface area contributed by atoms with Crippen molar-refractivity contribution in [2.24, 2.45) is 5.73 Å². The standard InChI is InChI=1S/C11H19N3OS/c1-8(12)10-7-13-11(16-10)14-5-3-9(15-2)4-6-14/h7-9H,3-6,12H2,1-2H3. The van der Waals surface area contributed by atoms with Gasteiger partial charge in [-0.2, -0.15) is 0 Å². The average Bonchev–Trinajstić information content (AvgIpc) is 2.78. The van der Waals surface area contributed by atoms with Crippen LogP contribution in [0.4, 0.5) is 5.13 Å². The Bertz CT molecular complexity index is 332. The van der Waals surface area contributed by atoms with Gasteiger partial charge >= 0.3 is 0 Å². The van der Waals surface area contributed by atoms with Crippen LogP contribution in [0.1, 0.15) is 30.7 Å². The largest absolute Gasteiger partial charge is 0.381 e. The van der Waals surface area contributed by atoms with Crippen LogP contribution in [0.2, 0.25) is 0 Å². The van der Waals surface area contributed by atoms with Gasteiger partial charge in [0.2, 0.25) is 0 Å². The molecule has 5 heteroatoms. The van der Waals surface area contributed by atoms with Gasteiger partial charge < -0.3 is 15.4 Å².